The standard InChI is InChI=1S/C13H11Cl2FN2/c1-6-4-7(2)9(8(3)5-6)13-17-11(14)10(16)12(15)18-13/h4-5H,1-3H3. The molecule has 2 aromatic rings. The molecule has 5 heteroatoms. The average Bonchev–Trinajstić information content (AvgIpc) is 2.24. The van der Waals surface area contributed by atoms with Crippen LogP contribution in [-0.2, 0) is 0 Å². The molecule has 0 radical (unpaired) electrons. The number of aryl methyl sites for hydroxylation is 3. The molecule has 2 nitrogen and oxygen atoms in total. The lowest BCUT2D eigenvalue weighted by molar-refractivity contribution is 0.615. The van der Waals surface area contributed by atoms with Crippen molar-refractivity contribution in [1.82, 2.24) is 9.97 Å². The highest BCUT2D eigenvalue weighted by Crippen LogP contribution is 2.29. The van der Waals surface area contributed by atoms with Crippen LogP contribution in [0.15, 0.2) is 12.1 Å². The summed E-state index contributed by atoms with van der Waals surface area (Å²) in [5.41, 5.74) is 4.00. The van der Waals surface area contributed by atoms with Crippen LogP contribution in [0.4, 0.5) is 4.39 Å². The number of nitrogens with zero attached hydrogens (tertiary/aromatic N) is 2. The highest BCUT2D eigenvalue weighted by Gasteiger charge is 2.15. The van der Waals surface area contributed by atoms with E-state index < -0.39 is 5.82 Å². The molecular weight excluding hydrogens is 274 g/mol. The second kappa shape index (κ2) is 4.82. The Kier molecular flexibility index (Phi) is 3.55. The van der Waals surface area contributed by atoms with Gasteiger partial charge in [0.15, 0.2) is 21.9 Å². The molecule has 0 spiro atoms. The molecule has 0 unspecified atom stereocenters. The molecule has 0 saturated carbocycles. The maximum absolute atomic E-state index is 13.3. The third-order valence-corrected chi connectivity index (χ3v) is 3.17. The van der Waals surface area contributed by atoms with Gasteiger partial charge < -0.3 is 0 Å². The van der Waals surface area contributed by atoms with Gasteiger partial charge in [-0.15, -0.1) is 0 Å². The van der Waals surface area contributed by atoms with Gasteiger partial charge in [0.25, 0.3) is 0 Å². The highest BCUT2D eigenvalue weighted by atomic mass is 35.5. The molecular formula is C13H11Cl2FN2. The first-order valence-electron chi connectivity index (χ1n) is 5.37. The van der Waals surface area contributed by atoms with Gasteiger partial charge in [0.1, 0.15) is 0 Å². The predicted octanol–water partition coefficient (Wildman–Crippen LogP) is 4.51. The molecule has 0 aliphatic carbocycles. The molecule has 2 rings (SSSR count). The number of hydrogen-bond donors (Lipinski definition) is 0. The van der Waals surface area contributed by atoms with Crippen molar-refractivity contribution in [2.24, 2.45) is 0 Å². The zero-order valence-corrected chi connectivity index (χ0v) is 11.7. The van der Waals surface area contributed by atoms with E-state index in [1.165, 1.54) is 0 Å². The highest BCUT2D eigenvalue weighted by molar-refractivity contribution is 6.33. The molecule has 0 aliphatic rings. The number of rotatable bonds is 1. The largest absolute Gasteiger partial charge is 0.213 e. The maximum atomic E-state index is 13.3. The van der Waals surface area contributed by atoms with Crippen LogP contribution in [0.5, 0.6) is 0 Å². The zero-order chi connectivity index (χ0) is 13.4. The number of hydrogen-bond acceptors (Lipinski definition) is 2. The van der Waals surface area contributed by atoms with Crippen LogP contribution in [0.1, 0.15) is 16.7 Å². The van der Waals surface area contributed by atoms with E-state index in [-0.39, 0.29) is 10.3 Å². The zero-order valence-electron chi connectivity index (χ0n) is 10.2. The van der Waals surface area contributed by atoms with Crippen LogP contribution in [0, 0.1) is 26.6 Å². The van der Waals surface area contributed by atoms with Gasteiger partial charge in [-0.05, 0) is 31.9 Å². The molecule has 0 amide bonds. The lowest BCUT2D eigenvalue weighted by Gasteiger charge is -2.10. The normalized spacial score (nSPS) is 10.8. The van der Waals surface area contributed by atoms with Crippen LogP contribution in [0.25, 0.3) is 11.4 Å². The third-order valence-electron chi connectivity index (χ3n) is 2.67. The Labute approximate surface area is 115 Å². The summed E-state index contributed by atoms with van der Waals surface area (Å²) >= 11 is 11.4. The van der Waals surface area contributed by atoms with Crippen LogP contribution in [0.3, 0.4) is 0 Å². The lowest BCUT2D eigenvalue weighted by Crippen LogP contribution is -1.98. The molecule has 1 aromatic heterocycles. The van der Waals surface area contributed by atoms with Crippen molar-refractivity contribution in [3.63, 3.8) is 0 Å². The smallest absolute Gasteiger partial charge is 0.197 e. The van der Waals surface area contributed by atoms with Gasteiger partial charge in [-0.1, -0.05) is 40.9 Å². The van der Waals surface area contributed by atoms with Gasteiger partial charge in [-0.25, -0.2) is 14.4 Å². The van der Waals surface area contributed by atoms with E-state index in [9.17, 15) is 4.39 Å². The van der Waals surface area contributed by atoms with Gasteiger partial charge in [-0.2, -0.15) is 0 Å². The second-order valence-electron chi connectivity index (χ2n) is 4.22. The van der Waals surface area contributed by atoms with Gasteiger partial charge in [0.05, 0.1) is 0 Å². The van der Waals surface area contributed by atoms with Crippen LogP contribution in [0.2, 0.25) is 10.3 Å². The number of benzene rings is 1. The molecule has 0 N–H and O–H groups in total. The summed E-state index contributed by atoms with van der Waals surface area (Å²) in [6.07, 6.45) is 0. The van der Waals surface area contributed by atoms with Gasteiger partial charge in [0.2, 0.25) is 0 Å². The molecule has 1 heterocycles. The van der Waals surface area contributed by atoms with E-state index in [4.69, 9.17) is 23.2 Å². The van der Waals surface area contributed by atoms with Crippen LogP contribution < -0.4 is 0 Å². The molecule has 0 atom stereocenters. The summed E-state index contributed by atoms with van der Waals surface area (Å²) in [4.78, 5) is 7.90. The summed E-state index contributed by atoms with van der Waals surface area (Å²) in [6, 6.07) is 4.02. The monoisotopic (exact) mass is 284 g/mol. The lowest BCUT2D eigenvalue weighted by atomic mass is 9.99. The number of aromatic nitrogens is 2. The Hall–Kier alpha value is -1.19. The number of halogens is 3. The second-order valence-corrected chi connectivity index (χ2v) is 4.93. The SMILES string of the molecule is Cc1cc(C)c(-c2nc(Cl)c(F)c(Cl)n2)c(C)c1. The van der Waals surface area contributed by atoms with Gasteiger partial charge >= 0.3 is 0 Å². The van der Waals surface area contributed by atoms with Crippen LogP contribution >= 0.6 is 23.2 Å². The first kappa shape index (κ1) is 13.2. The molecule has 94 valence electrons. The molecule has 18 heavy (non-hydrogen) atoms. The first-order valence-corrected chi connectivity index (χ1v) is 6.12. The van der Waals surface area contributed by atoms with Crippen molar-refractivity contribution >= 4 is 23.2 Å². The summed E-state index contributed by atoms with van der Waals surface area (Å²) in [5.74, 6) is -0.439. The quantitative estimate of drug-likeness (QED) is 0.720. The van der Waals surface area contributed by atoms with E-state index in [0.717, 1.165) is 22.3 Å². The third kappa shape index (κ3) is 2.33. The summed E-state index contributed by atoms with van der Waals surface area (Å²) in [6.45, 7) is 5.91. The Bertz CT molecular complexity index is 580. The van der Waals surface area contributed by atoms with Crippen LogP contribution in [-0.4, -0.2) is 9.97 Å². The fraction of sp³-hybridized carbons (Fsp3) is 0.231. The molecule has 0 saturated heterocycles. The Morgan fingerprint density at radius 2 is 1.39 bits per heavy atom. The topological polar surface area (TPSA) is 25.8 Å². The Balaban J connectivity index is 2.70. The minimum absolute atomic E-state index is 0.260. The summed E-state index contributed by atoms with van der Waals surface area (Å²) in [5, 5.41) is -0.520. The van der Waals surface area contributed by atoms with E-state index in [0.29, 0.717) is 5.82 Å². The minimum atomic E-state index is -0.787. The van der Waals surface area contributed by atoms with Crippen molar-refractivity contribution in [2.75, 3.05) is 0 Å². The average molecular weight is 285 g/mol. The van der Waals surface area contributed by atoms with Crippen molar-refractivity contribution in [1.29, 1.82) is 0 Å². The van der Waals surface area contributed by atoms with Crippen molar-refractivity contribution in [3.8, 4) is 11.4 Å². The van der Waals surface area contributed by atoms with E-state index >= 15 is 0 Å². The van der Waals surface area contributed by atoms with E-state index in [1.807, 2.05) is 32.9 Å². The summed E-state index contributed by atoms with van der Waals surface area (Å²) in [7, 11) is 0. The summed E-state index contributed by atoms with van der Waals surface area (Å²) < 4.78 is 13.3. The maximum Gasteiger partial charge on any atom is 0.197 e. The van der Waals surface area contributed by atoms with Crippen molar-refractivity contribution in [2.45, 2.75) is 20.8 Å². The van der Waals surface area contributed by atoms with Gasteiger partial charge in [-0.3, -0.25) is 0 Å². The molecule has 0 fully saturated rings. The fourth-order valence-corrected chi connectivity index (χ4v) is 2.43. The molecule has 0 bridgehead atoms. The fourth-order valence-electron chi connectivity index (χ4n) is 2.04. The Morgan fingerprint density at radius 1 is 0.944 bits per heavy atom. The van der Waals surface area contributed by atoms with E-state index in [2.05, 4.69) is 9.97 Å². The Morgan fingerprint density at radius 3 is 1.83 bits per heavy atom. The molecule has 1 aromatic carbocycles. The van der Waals surface area contributed by atoms with Gasteiger partial charge in [0, 0.05) is 5.56 Å². The van der Waals surface area contributed by atoms with Crippen molar-refractivity contribution in [3.05, 3.63) is 44.9 Å². The van der Waals surface area contributed by atoms with Crippen molar-refractivity contribution < 1.29 is 4.39 Å². The predicted molar refractivity (Wildman–Crippen MR) is 71.7 cm³/mol. The van der Waals surface area contributed by atoms with E-state index in [1.54, 1.807) is 0 Å². The first-order chi connectivity index (χ1) is 8.40. The minimum Gasteiger partial charge on any atom is -0.213 e. The molecule has 0 aliphatic heterocycles.